The van der Waals surface area contributed by atoms with E-state index in [9.17, 15) is 9.59 Å². The van der Waals surface area contributed by atoms with Crippen molar-refractivity contribution >= 4 is 39.1 Å². The molecule has 0 bridgehead atoms. The Kier molecular flexibility index (Phi) is 9.33. The van der Waals surface area contributed by atoms with Crippen molar-refractivity contribution in [2.45, 2.75) is 19.8 Å². The lowest BCUT2D eigenvalue weighted by Crippen LogP contribution is -2.28. The van der Waals surface area contributed by atoms with Gasteiger partial charge in [-0.15, -0.1) is 0 Å². The summed E-state index contributed by atoms with van der Waals surface area (Å²) in [4.78, 5) is 28.7. The topological polar surface area (TPSA) is 58.6 Å². The van der Waals surface area contributed by atoms with Crippen molar-refractivity contribution < 1.29 is 14.3 Å². The maximum atomic E-state index is 13.6. The highest BCUT2D eigenvalue weighted by Gasteiger charge is 2.21. The summed E-state index contributed by atoms with van der Waals surface area (Å²) in [6.07, 6.45) is 1.92. The summed E-state index contributed by atoms with van der Waals surface area (Å²) in [6.45, 7) is 2.60. The third-order valence-electron chi connectivity index (χ3n) is 6.26. The summed E-state index contributed by atoms with van der Waals surface area (Å²) in [6, 6.07) is 30.1. The van der Waals surface area contributed by atoms with Crippen LogP contribution in [0, 0.1) is 6.92 Å². The maximum Gasteiger partial charge on any atom is 0.260 e. The summed E-state index contributed by atoms with van der Waals surface area (Å²) < 4.78 is 5.98. The quantitative estimate of drug-likeness (QED) is 0.157. The molecule has 0 saturated heterocycles. The van der Waals surface area contributed by atoms with Crippen molar-refractivity contribution in [3.8, 4) is 16.9 Å². The van der Waals surface area contributed by atoms with E-state index in [2.05, 4.69) is 21.2 Å². The third kappa shape index (κ3) is 6.50. The van der Waals surface area contributed by atoms with Crippen molar-refractivity contribution in [1.82, 2.24) is 0 Å². The van der Waals surface area contributed by atoms with Gasteiger partial charge in [0.15, 0.2) is 0 Å². The number of nitrogens with zero attached hydrogens (tertiary/aromatic N) is 1. The maximum absolute atomic E-state index is 13.6. The minimum Gasteiger partial charge on any atom is -0.491 e. The molecule has 0 heterocycles. The summed E-state index contributed by atoms with van der Waals surface area (Å²) in [5, 5.41) is 3.90. The fourth-order valence-electron chi connectivity index (χ4n) is 4.16. The molecule has 194 valence electrons. The van der Waals surface area contributed by atoms with Crippen LogP contribution in [0.4, 0.5) is 11.4 Å². The predicted octanol–water partition coefficient (Wildman–Crippen LogP) is 7.74. The average Bonchev–Trinajstić information content (AvgIpc) is 2.95. The highest BCUT2D eigenvalue weighted by atomic mass is 79.9. The van der Waals surface area contributed by atoms with Crippen LogP contribution in [0.1, 0.15) is 39.1 Å². The molecule has 0 aliphatic heterocycles. The standard InChI is InChI=1S/C32H31BrN2O3/c1-23-17-19-24(20-18-23)25-11-3-4-12-26(25)31(36)34-28-14-6-5-13-27(28)32(37)35(2)29-15-7-8-16-30(29)38-22-10-9-21-33/h3-8,11-20H,9-10,21-22H2,1-2H3,(H,34,36). The molecular formula is C32H31BrN2O3. The summed E-state index contributed by atoms with van der Waals surface area (Å²) in [5.74, 6) is 0.121. The molecule has 0 aliphatic carbocycles. The molecule has 1 N–H and O–H groups in total. The monoisotopic (exact) mass is 570 g/mol. The number of anilines is 2. The summed E-state index contributed by atoms with van der Waals surface area (Å²) in [5.41, 5.74) is 4.98. The molecule has 4 aromatic carbocycles. The van der Waals surface area contributed by atoms with Crippen LogP contribution in [0.3, 0.4) is 0 Å². The van der Waals surface area contributed by atoms with E-state index in [-0.39, 0.29) is 11.8 Å². The molecule has 0 spiro atoms. The molecule has 0 saturated carbocycles. The van der Waals surface area contributed by atoms with Gasteiger partial charge in [0.25, 0.3) is 11.8 Å². The largest absolute Gasteiger partial charge is 0.491 e. The first-order chi connectivity index (χ1) is 18.5. The van der Waals surface area contributed by atoms with Gasteiger partial charge in [-0.2, -0.15) is 0 Å². The van der Waals surface area contributed by atoms with Gasteiger partial charge in [0, 0.05) is 17.9 Å². The number of unbranched alkanes of at least 4 members (excludes halogenated alkanes) is 1. The van der Waals surface area contributed by atoms with Gasteiger partial charge in [-0.25, -0.2) is 0 Å². The van der Waals surface area contributed by atoms with Gasteiger partial charge >= 0.3 is 0 Å². The van der Waals surface area contributed by atoms with Crippen LogP contribution in [-0.4, -0.2) is 30.8 Å². The number of carbonyl (C=O) groups excluding carboxylic acids is 2. The molecule has 0 fully saturated rings. The van der Waals surface area contributed by atoms with E-state index in [0.717, 1.165) is 34.9 Å². The molecular weight excluding hydrogens is 540 g/mol. The van der Waals surface area contributed by atoms with Crippen molar-refractivity contribution in [3.05, 3.63) is 114 Å². The van der Waals surface area contributed by atoms with Crippen LogP contribution in [0.2, 0.25) is 0 Å². The molecule has 2 amide bonds. The zero-order chi connectivity index (χ0) is 26.9. The Balaban J connectivity index is 1.57. The van der Waals surface area contributed by atoms with Crippen LogP contribution >= 0.6 is 15.9 Å². The van der Waals surface area contributed by atoms with E-state index in [1.165, 1.54) is 0 Å². The number of halogens is 1. The first-order valence-corrected chi connectivity index (χ1v) is 13.7. The molecule has 4 aromatic rings. The fourth-order valence-corrected chi connectivity index (χ4v) is 4.56. The number of aryl methyl sites for hydroxylation is 1. The second kappa shape index (κ2) is 13.1. The van der Waals surface area contributed by atoms with Crippen LogP contribution < -0.4 is 15.0 Å². The summed E-state index contributed by atoms with van der Waals surface area (Å²) in [7, 11) is 1.72. The van der Waals surface area contributed by atoms with Gasteiger partial charge in [-0.1, -0.05) is 88.2 Å². The van der Waals surface area contributed by atoms with E-state index >= 15 is 0 Å². The molecule has 5 nitrogen and oxygen atoms in total. The zero-order valence-electron chi connectivity index (χ0n) is 21.6. The average molecular weight is 572 g/mol. The number of para-hydroxylation sites is 3. The number of ether oxygens (including phenoxy) is 1. The number of carbonyl (C=O) groups is 2. The van der Waals surface area contributed by atoms with Gasteiger partial charge in [0.1, 0.15) is 5.75 Å². The molecule has 0 radical (unpaired) electrons. The molecule has 0 aromatic heterocycles. The van der Waals surface area contributed by atoms with Crippen LogP contribution in [0.15, 0.2) is 97.1 Å². The van der Waals surface area contributed by atoms with Crippen molar-refractivity contribution in [2.24, 2.45) is 0 Å². The molecule has 0 atom stereocenters. The van der Waals surface area contributed by atoms with Crippen molar-refractivity contribution in [2.75, 3.05) is 29.2 Å². The van der Waals surface area contributed by atoms with Crippen LogP contribution in [0.25, 0.3) is 11.1 Å². The highest BCUT2D eigenvalue weighted by molar-refractivity contribution is 9.09. The molecule has 38 heavy (non-hydrogen) atoms. The van der Waals surface area contributed by atoms with Gasteiger partial charge in [0.05, 0.1) is 23.5 Å². The number of alkyl halides is 1. The minimum atomic E-state index is -0.278. The first-order valence-electron chi connectivity index (χ1n) is 12.6. The lowest BCUT2D eigenvalue weighted by molar-refractivity contribution is 0.0993. The van der Waals surface area contributed by atoms with Gasteiger partial charge < -0.3 is 15.0 Å². The van der Waals surface area contributed by atoms with Crippen LogP contribution in [0.5, 0.6) is 5.75 Å². The zero-order valence-corrected chi connectivity index (χ0v) is 23.2. The smallest absolute Gasteiger partial charge is 0.260 e. The summed E-state index contributed by atoms with van der Waals surface area (Å²) >= 11 is 3.44. The third-order valence-corrected chi connectivity index (χ3v) is 6.82. The number of nitrogens with one attached hydrogen (secondary N) is 1. The molecule has 0 aliphatic rings. The van der Waals surface area contributed by atoms with E-state index in [0.29, 0.717) is 34.9 Å². The second-order valence-corrected chi connectivity index (χ2v) is 9.78. The van der Waals surface area contributed by atoms with Crippen molar-refractivity contribution in [1.29, 1.82) is 0 Å². The number of amides is 2. The Labute approximate surface area is 232 Å². The van der Waals surface area contributed by atoms with Crippen molar-refractivity contribution in [3.63, 3.8) is 0 Å². The van der Waals surface area contributed by atoms with Gasteiger partial charge in [-0.05, 0) is 61.2 Å². The molecule has 6 heteroatoms. The second-order valence-electron chi connectivity index (χ2n) is 8.99. The highest BCUT2D eigenvalue weighted by Crippen LogP contribution is 2.30. The number of rotatable bonds is 10. The normalized spacial score (nSPS) is 10.6. The van der Waals surface area contributed by atoms with E-state index in [1.807, 2.05) is 73.7 Å². The molecule has 4 rings (SSSR count). The minimum absolute atomic E-state index is 0.246. The van der Waals surface area contributed by atoms with Gasteiger partial charge in [0.2, 0.25) is 0 Å². The van der Waals surface area contributed by atoms with Gasteiger partial charge in [-0.3, -0.25) is 9.59 Å². The molecule has 0 unspecified atom stereocenters. The number of benzene rings is 4. The predicted molar refractivity (Wildman–Crippen MR) is 159 cm³/mol. The first kappa shape index (κ1) is 27.1. The number of hydrogen-bond acceptors (Lipinski definition) is 3. The lowest BCUT2D eigenvalue weighted by Gasteiger charge is -2.22. The fraction of sp³-hybridized carbons (Fsp3) is 0.188. The lowest BCUT2D eigenvalue weighted by atomic mass is 9.98. The van der Waals surface area contributed by atoms with E-state index in [4.69, 9.17) is 4.74 Å². The Hall–Kier alpha value is -3.90. The Morgan fingerprint density at radius 3 is 2.24 bits per heavy atom. The SMILES string of the molecule is Cc1ccc(-c2ccccc2C(=O)Nc2ccccc2C(=O)N(C)c2ccccc2OCCCCBr)cc1. The number of hydrogen-bond donors (Lipinski definition) is 1. The van der Waals surface area contributed by atoms with E-state index < -0.39 is 0 Å². The van der Waals surface area contributed by atoms with Crippen LogP contribution in [-0.2, 0) is 0 Å². The Morgan fingerprint density at radius 1 is 0.816 bits per heavy atom. The Bertz CT molecular complexity index is 1400. The Morgan fingerprint density at radius 2 is 1.47 bits per heavy atom. The van der Waals surface area contributed by atoms with E-state index in [1.54, 1.807) is 42.3 Å².